The Morgan fingerprint density at radius 1 is 0.667 bits per heavy atom. The lowest BCUT2D eigenvalue weighted by Gasteiger charge is -2.37. The number of hydrogen-bond acceptors (Lipinski definition) is 0. The van der Waals surface area contributed by atoms with E-state index in [1.165, 1.54) is 38.5 Å². The van der Waals surface area contributed by atoms with Gasteiger partial charge in [0.25, 0.3) is 0 Å². The van der Waals surface area contributed by atoms with Gasteiger partial charge in [-0.2, -0.15) is 0 Å². The van der Waals surface area contributed by atoms with Crippen molar-refractivity contribution in [1.82, 2.24) is 0 Å². The smallest absolute Gasteiger partial charge is 0.0688 e. The van der Waals surface area contributed by atoms with E-state index in [-0.39, 0.29) is 0 Å². The molecule has 2 atom stereocenters. The highest BCUT2D eigenvalue weighted by Gasteiger charge is 2.37. The molecule has 106 valence electrons. The molecule has 0 N–H and O–H groups in total. The van der Waals surface area contributed by atoms with Gasteiger partial charge >= 0.3 is 0 Å². The van der Waals surface area contributed by atoms with Crippen LogP contribution in [0.3, 0.4) is 0 Å². The molecule has 0 spiro atoms. The van der Waals surface area contributed by atoms with Crippen molar-refractivity contribution in [2.75, 3.05) is 0 Å². The first-order valence-corrected chi connectivity index (χ1v) is 8.45. The Morgan fingerprint density at radius 3 is 1.39 bits per heavy atom. The van der Waals surface area contributed by atoms with E-state index in [0.717, 1.165) is 36.0 Å². The minimum atomic E-state index is 0.833. The van der Waals surface area contributed by atoms with Crippen molar-refractivity contribution in [1.29, 1.82) is 0 Å². The Morgan fingerprint density at radius 2 is 1.06 bits per heavy atom. The second-order valence-corrected chi connectivity index (χ2v) is 7.54. The molecule has 2 unspecified atom stereocenters. The van der Waals surface area contributed by atoms with E-state index in [4.69, 9.17) is 0 Å². The van der Waals surface area contributed by atoms with Gasteiger partial charge in [0.15, 0.2) is 0 Å². The van der Waals surface area contributed by atoms with Crippen molar-refractivity contribution in [3.8, 4) is 0 Å². The molecule has 0 radical (unpaired) electrons. The van der Waals surface area contributed by atoms with Crippen LogP contribution in [0.1, 0.15) is 80.1 Å². The van der Waals surface area contributed by atoms with Gasteiger partial charge in [-0.25, -0.2) is 0 Å². The molecule has 1 aliphatic rings. The fraction of sp³-hybridized carbons (Fsp3) is 1.00. The zero-order valence-corrected chi connectivity index (χ0v) is 13.7. The summed E-state index contributed by atoms with van der Waals surface area (Å²) in [6.45, 7) is 15.6. The highest BCUT2D eigenvalue weighted by Crippen LogP contribution is 2.44. The quantitative estimate of drug-likeness (QED) is 0.397. The molecular weight excluding hydrogens is 215 g/mol. The Balaban J connectivity index is 2.80. The molecule has 0 heterocycles. The van der Waals surface area contributed by atoms with Crippen molar-refractivity contribution >= 4 is 6.71 Å². The maximum absolute atomic E-state index is 2.51. The predicted molar refractivity (Wildman–Crippen MR) is 85.7 cm³/mol. The van der Waals surface area contributed by atoms with Crippen molar-refractivity contribution in [3.05, 3.63) is 0 Å². The van der Waals surface area contributed by atoms with Crippen LogP contribution in [0.2, 0.25) is 17.5 Å². The zero-order chi connectivity index (χ0) is 13.7. The third kappa shape index (κ3) is 4.32. The van der Waals surface area contributed by atoms with Gasteiger partial charge in [0.05, 0.1) is 0 Å². The number of rotatable bonds is 5. The molecule has 0 aromatic rings. The number of hydrogen-bond donors (Lipinski definition) is 0. The van der Waals surface area contributed by atoms with Crippen molar-refractivity contribution in [2.24, 2.45) is 11.8 Å². The summed E-state index contributed by atoms with van der Waals surface area (Å²) < 4.78 is 0. The SMILES string of the molecule is CC(C)C(C)B(C1CCCCCC1)C(C)C(C)C. The highest BCUT2D eigenvalue weighted by atomic mass is 14.2. The first-order chi connectivity index (χ1) is 8.45. The summed E-state index contributed by atoms with van der Waals surface area (Å²) in [5.74, 6) is 4.43. The molecular formula is C17H35B. The van der Waals surface area contributed by atoms with Crippen LogP contribution in [0.4, 0.5) is 0 Å². The summed E-state index contributed by atoms with van der Waals surface area (Å²) in [5.41, 5.74) is 0. The van der Waals surface area contributed by atoms with Gasteiger partial charge in [0.1, 0.15) is 6.71 Å². The summed E-state index contributed by atoms with van der Waals surface area (Å²) in [6.07, 6.45) is 8.93. The van der Waals surface area contributed by atoms with Gasteiger partial charge in [0, 0.05) is 0 Å². The molecule has 18 heavy (non-hydrogen) atoms. The van der Waals surface area contributed by atoms with Crippen molar-refractivity contribution in [2.45, 2.75) is 97.5 Å². The van der Waals surface area contributed by atoms with Gasteiger partial charge in [0.2, 0.25) is 0 Å². The lowest BCUT2D eigenvalue weighted by Crippen LogP contribution is -2.34. The van der Waals surface area contributed by atoms with E-state index in [2.05, 4.69) is 41.5 Å². The fourth-order valence-electron chi connectivity index (χ4n) is 3.92. The normalized spacial score (nSPS) is 22.0. The van der Waals surface area contributed by atoms with Crippen LogP contribution in [-0.2, 0) is 0 Å². The molecule has 1 aliphatic carbocycles. The maximum Gasteiger partial charge on any atom is 0.149 e. The second-order valence-electron chi connectivity index (χ2n) is 7.54. The van der Waals surface area contributed by atoms with E-state index < -0.39 is 0 Å². The molecule has 1 heteroatoms. The predicted octanol–water partition coefficient (Wildman–Crippen LogP) is 6.30. The molecule has 0 aromatic heterocycles. The molecule has 0 saturated heterocycles. The summed E-state index contributed by atoms with van der Waals surface area (Å²) in [4.78, 5) is 0. The lowest BCUT2D eigenvalue weighted by molar-refractivity contribution is 0.532. The second kappa shape index (κ2) is 7.60. The van der Waals surface area contributed by atoms with E-state index in [9.17, 15) is 0 Å². The maximum atomic E-state index is 2.51. The molecule has 1 fully saturated rings. The van der Waals surface area contributed by atoms with Gasteiger partial charge in [-0.1, -0.05) is 109 Å². The van der Waals surface area contributed by atoms with Crippen LogP contribution in [0.15, 0.2) is 0 Å². The van der Waals surface area contributed by atoms with Crippen LogP contribution in [0.25, 0.3) is 0 Å². The van der Waals surface area contributed by atoms with Crippen LogP contribution in [0, 0.1) is 11.8 Å². The third-order valence-electron chi connectivity index (χ3n) is 5.76. The molecule has 0 bridgehead atoms. The molecule has 0 aromatic carbocycles. The average Bonchev–Trinajstić information content (AvgIpc) is 2.57. The Hall–Kier alpha value is 0.0649. The minimum absolute atomic E-state index is 0.833. The van der Waals surface area contributed by atoms with Crippen molar-refractivity contribution in [3.63, 3.8) is 0 Å². The topological polar surface area (TPSA) is 0 Å². The van der Waals surface area contributed by atoms with Gasteiger partial charge < -0.3 is 0 Å². The van der Waals surface area contributed by atoms with Gasteiger partial charge in [-0.15, -0.1) is 0 Å². The summed E-state index contributed by atoms with van der Waals surface area (Å²) in [6, 6.07) is 0. The van der Waals surface area contributed by atoms with Crippen LogP contribution in [0.5, 0.6) is 0 Å². The average molecular weight is 250 g/mol. The molecule has 0 nitrogen and oxygen atoms in total. The van der Waals surface area contributed by atoms with Crippen molar-refractivity contribution < 1.29 is 0 Å². The summed E-state index contributed by atoms with van der Waals surface area (Å²) >= 11 is 0. The Bertz CT molecular complexity index is 200. The lowest BCUT2D eigenvalue weighted by atomic mass is 9.25. The Kier molecular flexibility index (Phi) is 6.81. The fourth-order valence-corrected chi connectivity index (χ4v) is 3.92. The summed E-state index contributed by atoms with van der Waals surface area (Å²) in [7, 11) is 0. The van der Waals surface area contributed by atoms with Crippen LogP contribution < -0.4 is 0 Å². The first-order valence-electron chi connectivity index (χ1n) is 8.45. The molecule has 1 rings (SSSR count). The standard InChI is InChI=1S/C17H35B/c1-13(2)15(5)18(16(6)14(3)4)17-11-9-7-8-10-12-17/h13-17H,7-12H2,1-6H3. The largest absolute Gasteiger partial charge is 0.149 e. The molecule has 0 amide bonds. The third-order valence-corrected chi connectivity index (χ3v) is 5.76. The van der Waals surface area contributed by atoms with Gasteiger partial charge in [-0.05, 0) is 0 Å². The van der Waals surface area contributed by atoms with E-state index in [1.807, 2.05) is 0 Å². The first kappa shape index (κ1) is 16.1. The van der Waals surface area contributed by atoms with Crippen LogP contribution in [-0.4, -0.2) is 6.71 Å². The zero-order valence-electron chi connectivity index (χ0n) is 13.7. The monoisotopic (exact) mass is 250 g/mol. The summed E-state index contributed by atoms with van der Waals surface area (Å²) in [5, 5.41) is 0. The highest BCUT2D eigenvalue weighted by molar-refractivity contribution is 6.63. The van der Waals surface area contributed by atoms with Crippen LogP contribution >= 0.6 is 0 Å². The Labute approximate surface area is 116 Å². The van der Waals surface area contributed by atoms with E-state index >= 15 is 0 Å². The van der Waals surface area contributed by atoms with E-state index in [0.29, 0.717) is 0 Å². The van der Waals surface area contributed by atoms with Gasteiger partial charge in [-0.3, -0.25) is 0 Å². The van der Waals surface area contributed by atoms with E-state index in [1.54, 1.807) is 0 Å². The minimum Gasteiger partial charge on any atom is -0.0688 e. The molecule has 0 aliphatic heterocycles. The molecule has 1 saturated carbocycles.